The fraction of sp³-hybridized carbons (Fsp3) is 0.947. The minimum absolute atomic E-state index is 0.104. The Morgan fingerprint density at radius 1 is 0.309 bits per heavy atom. The quantitative estimate of drug-likeness (QED) is 0.0222. The molecule has 558 valence electrons. The summed E-state index contributed by atoms with van der Waals surface area (Å²) in [6.45, 7) is 11.9. The molecule has 0 radical (unpaired) electrons. The summed E-state index contributed by atoms with van der Waals surface area (Å²) in [6.07, 6.45) is 51.1. The number of hydrogen-bond donors (Lipinski definition) is 3. The summed E-state index contributed by atoms with van der Waals surface area (Å²) < 4.78 is 68.5. The molecule has 0 saturated heterocycles. The number of carbonyl (C=O) groups is 4. The lowest BCUT2D eigenvalue weighted by atomic mass is 9.99. The number of phosphoric acid groups is 2. The minimum Gasteiger partial charge on any atom is -0.462 e. The zero-order chi connectivity index (χ0) is 69.4. The van der Waals surface area contributed by atoms with Crippen LogP contribution in [0.3, 0.4) is 0 Å². The van der Waals surface area contributed by atoms with E-state index in [1.165, 1.54) is 193 Å². The van der Waals surface area contributed by atoms with Crippen LogP contribution < -0.4 is 0 Å². The molecule has 19 heteroatoms. The normalized spacial score (nSPS) is 14.7. The molecule has 0 aromatic carbocycles. The molecular formula is C75H146O17P2. The van der Waals surface area contributed by atoms with Crippen LogP contribution in [0.25, 0.3) is 0 Å². The third kappa shape index (κ3) is 66.0. The van der Waals surface area contributed by atoms with Crippen LogP contribution in [0.5, 0.6) is 0 Å². The van der Waals surface area contributed by atoms with Crippen molar-refractivity contribution in [2.24, 2.45) is 17.8 Å². The lowest BCUT2D eigenvalue weighted by Crippen LogP contribution is -2.30. The van der Waals surface area contributed by atoms with E-state index >= 15 is 0 Å². The van der Waals surface area contributed by atoms with Crippen molar-refractivity contribution in [3.8, 4) is 0 Å². The Hall–Kier alpha value is -1.94. The monoisotopic (exact) mass is 1380 g/mol. The van der Waals surface area contributed by atoms with Gasteiger partial charge in [-0.05, 0) is 43.4 Å². The van der Waals surface area contributed by atoms with Crippen molar-refractivity contribution in [3.63, 3.8) is 0 Å². The highest BCUT2D eigenvalue weighted by atomic mass is 31.2. The Kier molecular flexibility index (Phi) is 64.3. The zero-order valence-electron chi connectivity index (χ0n) is 61.4. The maximum Gasteiger partial charge on any atom is 0.472 e. The second-order valence-electron chi connectivity index (χ2n) is 28.0. The highest BCUT2D eigenvalue weighted by Crippen LogP contribution is 2.45. The fourth-order valence-corrected chi connectivity index (χ4v) is 12.9. The number of aliphatic hydroxyl groups is 1. The van der Waals surface area contributed by atoms with Crippen molar-refractivity contribution >= 4 is 39.5 Å². The molecule has 0 aliphatic heterocycles. The Morgan fingerprint density at radius 3 is 0.809 bits per heavy atom. The first-order valence-electron chi connectivity index (χ1n) is 38.9. The van der Waals surface area contributed by atoms with Crippen molar-refractivity contribution in [3.05, 3.63) is 0 Å². The van der Waals surface area contributed by atoms with Crippen LogP contribution in [0.2, 0.25) is 0 Å². The Labute approximate surface area is 575 Å². The van der Waals surface area contributed by atoms with Crippen LogP contribution in [0.1, 0.15) is 382 Å². The lowest BCUT2D eigenvalue weighted by Gasteiger charge is -2.21. The van der Waals surface area contributed by atoms with Gasteiger partial charge in [0.1, 0.15) is 19.3 Å². The van der Waals surface area contributed by atoms with Gasteiger partial charge >= 0.3 is 39.5 Å². The van der Waals surface area contributed by atoms with Crippen molar-refractivity contribution in [2.75, 3.05) is 39.6 Å². The summed E-state index contributed by atoms with van der Waals surface area (Å²) in [6, 6.07) is 0. The predicted octanol–water partition coefficient (Wildman–Crippen LogP) is 21.8. The standard InChI is InChI=1S/C75H146O17P2/c1-8-11-12-13-14-15-16-17-20-23-26-35-42-49-56-72(77)85-62-70(91-74(79)58-51-44-37-27-24-21-18-19-22-25-32-39-46-53-66(4)5)64-89-93(81,82)87-60-69(76)61-88-94(83,84)90-65-71(92-75(80)59-52-45-38-31-29-34-41-48-55-68(7)10-3)63-86-73(78)57-50-43-36-30-28-33-40-47-54-67(6)9-2/h66-71,76H,8-65H2,1-7H3,(H,81,82)(H,83,84)/t67?,68?,69-,70-,71-/m1/s1. The van der Waals surface area contributed by atoms with Gasteiger partial charge < -0.3 is 33.8 Å². The lowest BCUT2D eigenvalue weighted by molar-refractivity contribution is -0.161. The van der Waals surface area contributed by atoms with Gasteiger partial charge in [0.15, 0.2) is 12.2 Å². The van der Waals surface area contributed by atoms with Crippen molar-refractivity contribution in [1.29, 1.82) is 0 Å². The van der Waals surface area contributed by atoms with Crippen LogP contribution in [0.4, 0.5) is 0 Å². The number of rotatable bonds is 73. The number of hydrogen-bond acceptors (Lipinski definition) is 15. The third-order valence-corrected chi connectivity index (χ3v) is 20.0. The topological polar surface area (TPSA) is 237 Å². The fourth-order valence-electron chi connectivity index (χ4n) is 11.4. The summed E-state index contributed by atoms with van der Waals surface area (Å²) in [7, 11) is -9.91. The first-order chi connectivity index (χ1) is 45.3. The van der Waals surface area contributed by atoms with Gasteiger partial charge in [0, 0.05) is 25.7 Å². The van der Waals surface area contributed by atoms with Crippen molar-refractivity contribution in [2.45, 2.75) is 401 Å². The maximum atomic E-state index is 13.1. The van der Waals surface area contributed by atoms with E-state index in [-0.39, 0.29) is 25.7 Å². The number of aliphatic hydroxyl groups excluding tert-OH is 1. The van der Waals surface area contributed by atoms with Gasteiger partial charge in [0.25, 0.3) is 0 Å². The molecule has 0 bridgehead atoms. The number of phosphoric ester groups is 2. The van der Waals surface area contributed by atoms with E-state index in [0.29, 0.717) is 25.7 Å². The second-order valence-corrected chi connectivity index (χ2v) is 30.9. The highest BCUT2D eigenvalue weighted by Gasteiger charge is 2.30. The number of ether oxygens (including phenoxy) is 4. The zero-order valence-corrected chi connectivity index (χ0v) is 63.2. The molecule has 0 aliphatic carbocycles. The predicted molar refractivity (Wildman–Crippen MR) is 381 cm³/mol. The average Bonchev–Trinajstić information content (AvgIpc) is 3.76. The summed E-state index contributed by atoms with van der Waals surface area (Å²) in [4.78, 5) is 72.8. The van der Waals surface area contributed by atoms with Crippen LogP contribution >= 0.6 is 15.6 Å². The van der Waals surface area contributed by atoms with E-state index in [9.17, 15) is 43.2 Å². The van der Waals surface area contributed by atoms with Crippen LogP contribution in [-0.2, 0) is 65.4 Å². The molecule has 4 unspecified atom stereocenters. The van der Waals surface area contributed by atoms with Gasteiger partial charge in [0.2, 0.25) is 0 Å². The van der Waals surface area contributed by atoms with Crippen LogP contribution in [0, 0.1) is 17.8 Å². The van der Waals surface area contributed by atoms with Crippen molar-refractivity contribution in [1.82, 2.24) is 0 Å². The van der Waals surface area contributed by atoms with Gasteiger partial charge in [-0.15, -0.1) is 0 Å². The summed E-state index contributed by atoms with van der Waals surface area (Å²) in [5, 5.41) is 10.6. The van der Waals surface area contributed by atoms with Gasteiger partial charge in [-0.2, -0.15) is 0 Å². The first kappa shape index (κ1) is 92.1. The molecule has 0 heterocycles. The summed E-state index contributed by atoms with van der Waals surface area (Å²) in [5.41, 5.74) is 0. The molecule has 0 rings (SSSR count). The summed E-state index contributed by atoms with van der Waals surface area (Å²) >= 11 is 0. The molecule has 7 atom stereocenters. The summed E-state index contributed by atoms with van der Waals surface area (Å²) in [5.74, 6) is 0.214. The molecule has 0 aromatic heterocycles. The maximum absolute atomic E-state index is 13.1. The van der Waals surface area contributed by atoms with Gasteiger partial charge in [-0.1, -0.05) is 331 Å². The molecule has 3 N–H and O–H groups in total. The third-order valence-electron chi connectivity index (χ3n) is 18.1. The van der Waals surface area contributed by atoms with E-state index in [0.717, 1.165) is 108 Å². The Balaban J connectivity index is 5.27. The molecule has 0 amide bonds. The molecule has 94 heavy (non-hydrogen) atoms. The molecule has 0 saturated carbocycles. The smallest absolute Gasteiger partial charge is 0.462 e. The number of unbranched alkanes of at least 4 members (excludes halogenated alkanes) is 39. The van der Waals surface area contributed by atoms with Crippen LogP contribution in [0.15, 0.2) is 0 Å². The SMILES string of the molecule is CCCCCCCCCCCCCCCCC(=O)OC[C@H](COP(=O)(O)OC[C@@H](O)COP(=O)(O)OC[C@@H](COC(=O)CCCCCCCCCCC(C)CC)OC(=O)CCCCCCCCCCC(C)CC)OC(=O)CCCCCCCCCCCCCCCC(C)C. The van der Waals surface area contributed by atoms with Crippen molar-refractivity contribution < 1.29 is 80.2 Å². The van der Waals surface area contributed by atoms with E-state index in [4.69, 9.17) is 37.0 Å². The van der Waals surface area contributed by atoms with E-state index in [1.54, 1.807) is 0 Å². The molecule has 0 aliphatic rings. The minimum atomic E-state index is -4.96. The molecule has 17 nitrogen and oxygen atoms in total. The van der Waals surface area contributed by atoms with Gasteiger partial charge in [-0.3, -0.25) is 37.3 Å². The van der Waals surface area contributed by atoms with E-state index in [1.807, 2.05) is 0 Å². The molecular weight excluding hydrogens is 1230 g/mol. The Morgan fingerprint density at radius 2 is 0.543 bits per heavy atom. The highest BCUT2D eigenvalue weighted by molar-refractivity contribution is 7.47. The van der Waals surface area contributed by atoms with Gasteiger partial charge in [0.05, 0.1) is 26.4 Å². The van der Waals surface area contributed by atoms with E-state index < -0.39 is 97.5 Å². The number of carbonyl (C=O) groups excluding carboxylic acids is 4. The molecule has 0 spiro atoms. The first-order valence-corrected chi connectivity index (χ1v) is 41.9. The number of esters is 4. The average molecular weight is 1380 g/mol. The van der Waals surface area contributed by atoms with Gasteiger partial charge in [-0.25, -0.2) is 9.13 Å². The van der Waals surface area contributed by atoms with Crippen LogP contribution in [-0.4, -0.2) is 96.7 Å². The second kappa shape index (κ2) is 65.7. The van der Waals surface area contributed by atoms with E-state index in [2.05, 4.69) is 48.5 Å². The Bertz CT molecular complexity index is 1840. The largest absolute Gasteiger partial charge is 0.472 e. The molecule has 0 fully saturated rings. The molecule has 0 aromatic rings.